The highest BCUT2D eigenvalue weighted by atomic mass is 32.2. The molecule has 0 bridgehead atoms. The van der Waals surface area contributed by atoms with Crippen molar-refractivity contribution in [1.82, 2.24) is 4.72 Å². The van der Waals surface area contributed by atoms with Crippen molar-refractivity contribution in [1.29, 1.82) is 0 Å². The van der Waals surface area contributed by atoms with Crippen LogP contribution in [0.2, 0.25) is 0 Å². The Hall–Kier alpha value is -1.70. The summed E-state index contributed by atoms with van der Waals surface area (Å²) in [5.74, 6) is -1.08. The number of nitrogens with one attached hydrogen (secondary N) is 1. The molecular weight excluding hydrogens is 306 g/mol. The Morgan fingerprint density at radius 2 is 2.27 bits per heavy atom. The molecule has 22 heavy (non-hydrogen) atoms. The first-order valence-electron chi connectivity index (χ1n) is 7.01. The summed E-state index contributed by atoms with van der Waals surface area (Å²) >= 11 is 0. The molecule has 0 saturated carbocycles. The zero-order valence-corrected chi connectivity index (χ0v) is 13.1. The standard InChI is InChI=1S/C15H19NO5S/c1-11-4-5-12(6-7-15(17)18)9-14(11)22(19,20)16-10-13-3-2-8-21-13/h4-7,9,13,16H,2-3,8,10H2,1H3,(H,17,18)/b7-6+/t13-/m0/s1. The zero-order chi connectivity index (χ0) is 16.2. The summed E-state index contributed by atoms with van der Waals surface area (Å²) in [6.07, 6.45) is 4.05. The van der Waals surface area contributed by atoms with Gasteiger partial charge in [-0.3, -0.25) is 0 Å². The van der Waals surface area contributed by atoms with Gasteiger partial charge in [0.15, 0.2) is 0 Å². The van der Waals surface area contributed by atoms with Crippen LogP contribution < -0.4 is 4.72 Å². The van der Waals surface area contributed by atoms with Crippen LogP contribution in [0, 0.1) is 6.92 Å². The normalized spacial score (nSPS) is 18.9. The van der Waals surface area contributed by atoms with Crippen LogP contribution in [0.25, 0.3) is 6.08 Å². The Kier molecular flexibility index (Phi) is 5.33. The van der Waals surface area contributed by atoms with E-state index in [0.29, 0.717) is 17.7 Å². The summed E-state index contributed by atoms with van der Waals surface area (Å²) in [5.41, 5.74) is 1.12. The lowest BCUT2D eigenvalue weighted by molar-refractivity contribution is -0.131. The van der Waals surface area contributed by atoms with Crippen LogP contribution in [0.4, 0.5) is 0 Å². The number of carbonyl (C=O) groups is 1. The van der Waals surface area contributed by atoms with E-state index in [2.05, 4.69) is 4.72 Å². The molecule has 0 radical (unpaired) electrons. The monoisotopic (exact) mass is 325 g/mol. The first-order chi connectivity index (χ1) is 10.4. The van der Waals surface area contributed by atoms with Crippen LogP contribution in [0.3, 0.4) is 0 Å². The second-order valence-electron chi connectivity index (χ2n) is 5.18. The van der Waals surface area contributed by atoms with Crippen molar-refractivity contribution < 1.29 is 23.1 Å². The summed E-state index contributed by atoms with van der Waals surface area (Å²) in [7, 11) is -3.65. The highest BCUT2D eigenvalue weighted by Gasteiger charge is 2.21. The van der Waals surface area contributed by atoms with Gasteiger partial charge in [0, 0.05) is 19.2 Å². The van der Waals surface area contributed by atoms with E-state index in [1.54, 1.807) is 19.1 Å². The predicted molar refractivity (Wildman–Crippen MR) is 82.0 cm³/mol. The molecular formula is C15H19NO5S. The highest BCUT2D eigenvalue weighted by molar-refractivity contribution is 7.89. The molecule has 1 aliphatic heterocycles. The summed E-state index contributed by atoms with van der Waals surface area (Å²) < 4.78 is 32.7. The minimum absolute atomic E-state index is 0.0785. The molecule has 0 unspecified atom stereocenters. The topological polar surface area (TPSA) is 92.7 Å². The summed E-state index contributed by atoms with van der Waals surface area (Å²) in [4.78, 5) is 10.7. The van der Waals surface area contributed by atoms with Gasteiger partial charge in [0.2, 0.25) is 10.0 Å². The third kappa shape index (κ3) is 4.40. The first-order valence-corrected chi connectivity index (χ1v) is 8.50. The minimum atomic E-state index is -3.65. The largest absolute Gasteiger partial charge is 0.478 e. The molecule has 2 N–H and O–H groups in total. The Morgan fingerprint density at radius 1 is 1.50 bits per heavy atom. The fourth-order valence-electron chi connectivity index (χ4n) is 2.26. The van der Waals surface area contributed by atoms with Crippen molar-refractivity contribution in [3.63, 3.8) is 0 Å². The van der Waals surface area contributed by atoms with E-state index < -0.39 is 16.0 Å². The molecule has 1 aromatic rings. The van der Waals surface area contributed by atoms with Gasteiger partial charge in [-0.1, -0.05) is 12.1 Å². The van der Waals surface area contributed by atoms with E-state index in [0.717, 1.165) is 18.9 Å². The molecule has 120 valence electrons. The third-order valence-corrected chi connectivity index (χ3v) is 5.01. The highest BCUT2D eigenvalue weighted by Crippen LogP contribution is 2.19. The number of sulfonamides is 1. The van der Waals surface area contributed by atoms with Gasteiger partial charge >= 0.3 is 5.97 Å². The molecule has 6 nitrogen and oxygen atoms in total. The van der Waals surface area contributed by atoms with Crippen LogP contribution >= 0.6 is 0 Å². The van der Waals surface area contributed by atoms with Crippen molar-refractivity contribution in [3.8, 4) is 0 Å². The molecule has 2 rings (SSSR count). The number of carboxylic acid groups (broad SMARTS) is 1. The van der Waals surface area contributed by atoms with Crippen molar-refractivity contribution in [3.05, 3.63) is 35.4 Å². The quantitative estimate of drug-likeness (QED) is 0.774. The average molecular weight is 325 g/mol. The lowest BCUT2D eigenvalue weighted by Gasteiger charge is -2.13. The molecule has 1 aromatic carbocycles. The van der Waals surface area contributed by atoms with E-state index in [1.807, 2.05) is 0 Å². The van der Waals surface area contributed by atoms with Crippen molar-refractivity contribution >= 4 is 22.1 Å². The van der Waals surface area contributed by atoms with Gasteiger partial charge in [-0.05, 0) is 43.0 Å². The number of benzene rings is 1. The number of carboxylic acids is 1. The van der Waals surface area contributed by atoms with Crippen LogP contribution in [0.5, 0.6) is 0 Å². The molecule has 1 aliphatic rings. The van der Waals surface area contributed by atoms with Crippen LogP contribution in [0.15, 0.2) is 29.2 Å². The molecule has 1 saturated heterocycles. The fraction of sp³-hybridized carbons (Fsp3) is 0.400. The van der Waals surface area contributed by atoms with E-state index in [9.17, 15) is 13.2 Å². The molecule has 1 heterocycles. The minimum Gasteiger partial charge on any atom is -0.478 e. The molecule has 7 heteroatoms. The second kappa shape index (κ2) is 7.04. The zero-order valence-electron chi connectivity index (χ0n) is 12.3. The Morgan fingerprint density at radius 3 is 2.91 bits per heavy atom. The van der Waals surface area contributed by atoms with Crippen molar-refractivity contribution in [2.75, 3.05) is 13.2 Å². The number of hydrogen-bond acceptors (Lipinski definition) is 4. The molecule has 0 aliphatic carbocycles. The Labute approximate surface area is 129 Å². The smallest absolute Gasteiger partial charge is 0.328 e. The SMILES string of the molecule is Cc1ccc(/C=C/C(=O)O)cc1S(=O)(=O)NC[C@@H]1CCCO1. The maximum Gasteiger partial charge on any atom is 0.328 e. The lowest BCUT2D eigenvalue weighted by atomic mass is 10.1. The van der Waals surface area contributed by atoms with Crippen molar-refractivity contribution in [2.45, 2.75) is 30.8 Å². The number of ether oxygens (including phenoxy) is 1. The average Bonchev–Trinajstić information content (AvgIpc) is 2.97. The lowest BCUT2D eigenvalue weighted by Crippen LogP contribution is -2.32. The maximum atomic E-state index is 12.4. The van der Waals surface area contributed by atoms with Gasteiger partial charge in [-0.25, -0.2) is 17.9 Å². The number of aliphatic carboxylic acids is 1. The summed E-state index contributed by atoms with van der Waals surface area (Å²) in [6.45, 7) is 2.61. The summed E-state index contributed by atoms with van der Waals surface area (Å²) in [6, 6.07) is 4.79. The van der Waals surface area contributed by atoms with Gasteiger partial charge < -0.3 is 9.84 Å². The van der Waals surface area contributed by atoms with Gasteiger partial charge in [-0.15, -0.1) is 0 Å². The van der Waals surface area contributed by atoms with Crippen LogP contribution in [-0.4, -0.2) is 38.7 Å². The van der Waals surface area contributed by atoms with Gasteiger partial charge in [0.05, 0.1) is 11.0 Å². The van der Waals surface area contributed by atoms with E-state index in [1.165, 1.54) is 12.1 Å². The first kappa shape index (κ1) is 16.7. The fourth-order valence-corrected chi connectivity index (χ4v) is 3.61. The van der Waals surface area contributed by atoms with E-state index in [4.69, 9.17) is 9.84 Å². The Bertz CT molecular complexity index is 675. The molecule has 1 fully saturated rings. The van der Waals surface area contributed by atoms with E-state index >= 15 is 0 Å². The second-order valence-corrected chi connectivity index (χ2v) is 6.92. The van der Waals surface area contributed by atoms with Gasteiger partial charge in [-0.2, -0.15) is 0 Å². The number of aryl methyl sites for hydroxylation is 1. The van der Waals surface area contributed by atoms with Crippen molar-refractivity contribution in [2.24, 2.45) is 0 Å². The van der Waals surface area contributed by atoms with Gasteiger partial charge in [0.1, 0.15) is 0 Å². The third-order valence-electron chi connectivity index (χ3n) is 3.45. The number of rotatable bonds is 6. The van der Waals surface area contributed by atoms with Gasteiger partial charge in [0.25, 0.3) is 0 Å². The maximum absolute atomic E-state index is 12.4. The molecule has 0 spiro atoms. The van der Waals surface area contributed by atoms with Crippen LogP contribution in [0.1, 0.15) is 24.0 Å². The molecule has 0 amide bonds. The van der Waals surface area contributed by atoms with Crippen LogP contribution in [-0.2, 0) is 19.6 Å². The summed E-state index contributed by atoms with van der Waals surface area (Å²) in [5, 5.41) is 8.63. The number of hydrogen-bond donors (Lipinski definition) is 2. The Balaban J connectivity index is 2.17. The molecule has 1 atom stereocenters. The predicted octanol–water partition coefficient (Wildman–Crippen LogP) is 1.55. The molecule has 0 aromatic heterocycles. The van der Waals surface area contributed by atoms with E-state index in [-0.39, 0.29) is 17.5 Å².